The molecule has 1 unspecified atom stereocenters. The Balaban J connectivity index is 1.95. The molecule has 0 radical (unpaired) electrons. The quantitative estimate of drug-likeness (QED) is 0.783. The average molecular weight is 270 g/mol. The Kier molecular flexibility index (Phi) is 5.02. The molecule has 0 aliphatic heterocycles. The van der Waals surface area contributed by atoms with E-state index in [0.717, 1.165) is 37.4 Å². The lowest BCUT2D eigenvalue weighted by atomic mass is 9.95. The van der Waals surface area contributed by atoms with Gasteiger partial charge in [0.15, 0.2) is 0 Å². The van der Waals surface area contributed by atoms with Gasteiger partial charge in [-0.15, -0.1) is 0 Å². The molecule has 0 aromatic heterocycles. The van der Waals surface area contributed by atoms with Crippen molar-refractivity contribution in [3.05, 3.63) is 34.6 Å². The second-order valence-corrected chi connectivity index (χ2v) is 5.63. The maximum atomic E-state index is 13.4. The Morgan fingerprint density at radius 1 is 1.44 bits per heavy atom. The van der Waals surface area contributed by atoms with Gasteiger partial charge in [-0.05, 0) is 49.8 Å². The minimum Gasteiger partial charge on any atom is -0.314 e. The van der Waals surface area contributed by atoms with Crippen LogP contribution in [0.2, 0.25) is 5.02 Å². The third-order valence-corrected chi connectivity index (χ3v) is 3.93. The summed E-state index contributed by atoms with van der Waals surface area (Å²) in [4.78, 5) is 0. The van der Waals surface area contributed by atoms with Gasteiger partial charge in [-0.3, -0.25) is 0 Å². The molecule has 1 aromatic rings. The van der Waals surface area contributed by atoms with Crippen LogP contribution < -0.4 is 5.32 Å². The first-order valence-electron chi connectivity index (χ1n) is 6.87. The van der Waals surface area contributed by atoms with Crippen LogP contribution in [0.25, 0.3) is 0 Å². The van der Waals surface area contributed by atoms with Crippen LogP contribution in [0, 0.1) is 11.7 Å². The van der Waals surface area contributed by atoms with Crippen molar-refractivity contribution in [3.63, 3.8) is 0 Å². The highest BCUT2D eigenvalue weighted by molar-refractivity contribution is 6.31. The zero-order chi connectivity index (χ0) is 13.0. The van der Waals surface area contributed by atoms with E-state index in [4.69, 9.17) is 11.6 Å². The van der Waals surface area contributed by atoms with E-state index in [1.807, 2.05) is 6.07 Å². The molecule has 1 aliphatic rings. The predicted octanol–water partition coefficient (Wildman–Crippen LogP) is 4.19. The van der Waals surface area contributed by atoms with Crippen LogP contribution in [0.3, 0.4) is 0 Å². The predicted molar refractivity (Wildman–Crippen MR) is 74.5 cm³/mol. The highest BCUT2D eigenvalue weighted by atomic mass is 35.5. The van der Waals surface area contributed by atoms with Crippen molar-refractivity contribution in [2.24, 2.45) is 5.92 Å². The summed E-state index contributed by atoms with van der Waals surface area (Å²) >= 11 is 6.02. The van der Waals surface area contributed by atoms with Crippen molar-refractivity contribution < 1.29 is 4.39 Å². The minimum atomic E-state index is -0.306. The fraction of sp³-hybridized carbons (Fsp3) is 0.600. The monoisotopic (exact) mass is 269 g/mol. The molecule has 1 fully saturated rings. The first kappa shape index (κ1) is 13.8. The SMILES string of the molecule is CCCC(CNC1CC1)Cc1cccc(F)c1Cl. The van der Waals surface area contributed by atoms with Gasteiger partial charge in [-0.25, -0.2) is 4.39 Å². The molecule has 1 saturated carbocycles. The van der Waals surface area contributed by atoms with Crippen molar-refractivity contribution in [1.29, 1.82) is 0 Å². The van der Waals surface area contributed by atoms with Gasteiger partial charge in [-0.1, -0.05) is 37.1 Å². The molecule has 2 rings (SSSR count). The van der Waals surface area contributed by atoms with E-state index in [1.54, 1.807) is 6.07 Å². The van der Waals surface area contributed by atoms with Gasteiger partial charge < -0.3 is 5.32 Å². The van der Waals surface area contributed by atoms with E-state index in [1.165, 1.54) is 18.9 Å². The number of hydrogen-bond acceptors (Lipinski definition) is 1. The second-order valence-electron chi connectivity index (χ2n) is 5.25. The van der Waals surface area contributed by atoms with Crippen LogP contribution >= 0.6 is 11.6 Å². The lowest BCUT2D eigenvalue weighted by Crippen LogP contribution is -2.26. The van der Waals surface area contributed by atoms with Gasteiger partial charge >= 0.3 is 0 Å². The molecule has 3 heteroatoms. The molecule has 1 atom stereocenters. The second kappa shape index (κ2) is 6.53. The molecule has 1 aliphatic carbocycles. The molecule has 0 heterocycles. The summed E-state index contributed by atoms with van der Waals surface area (Å²) < 4.78 is 13.4. The van der Waals surface area contributed by atoms with Crippen LogP contribution in [0.5, 0.6) is 0 Å². The zero-order valence-electron chi connectivity index (χ0n) is 10.9. The highest BCUT2D eigenvalue weighted by Crippen LogP contribution is 2.25. The Bertz CT molecular complexity index is 390. The number of benzene rings is 1. The minimum absolute atomic E-state index is 0.296. The number of hydrogen-bond donors (Lipinski definition) is 1. The molecule has 0 bridgehead atoms. The van der Waals surface area contributed by atoms with Crippen molar-refractivity contribution in [2.75, 3.05) is 6.54 Å². The van der Waals surface area contributed by atoms with Crippen LogP contribution in [-0.2, 0) is 6.42 Å². The molecule has 100 valence electrons. The maximum absolute atomic E-state index is 13.4. The maximum Gasteiger partial charge on any atom is 0.142 e. The molecular formula is C15H21ClFN. The van der Waals surface area contributed by atoms with Crippen LogP contribution in [0.1, 0.15) is 38.2 Å². The molecule has 0 spiro atoms. The average Bonchev–Trinajstić information content (AvgIpc) is 3.16. The standard InChI is InChI=1S/C15H21ClFN/c1-2-4-11(10-18-13-7-8-13)9-12-5-3-6-14(17)15(12)16/h3,5-6,11,13,18H,2,4,7-10H2,1H3. The van der Waals surface area contributed by atoms with Gasteiger partial charge in [0.05, 0.1) is 5.02 Å². The summed E-state index contributed by atoms with van der Waals surface area (Å²) in [6.45, 7) is 3.21. The summed E-state index contributed by atoms with van der Waals surface area (Å²) in [5, 5.41) is 3.86. The summed E-state index contributed by atoms with van der Waals surface area (Å²) in [6, 6.07) is 5.83. The van der Waals surface area contributed by atoms with Crippen molar-refractivity contribution in [2.45, 2.75) is 45.1 Å². The Hall–Kier alpha value is -0.600. The zero-order valence-corrected chi connectivity index (χ0v) is 11.6. The first-order chi connectivity index (χ1) is 8.70. The summed E-state index contributed by atoms with van der Waals surface area (Å²) in [5.41, 5.74) is 0.938. The van der Waals surface area contributed by atoms with Crippen LogP contribution in [0.15, 0.2) is 18.2 Å². The summed E-state index contributed by atoms with van der Waals surface area (Å²) in [6.07, 6.45) is 5.79. The Morgan fingerprint density at radius 3 is 2.89 bits per heavy atom. The largest absolute Gasteiger partial charge is 0.314 e. The molecule has 0 saturated heterocycles. The van der Waals surface area contributed by atoms with E-state index in [0.29, 0.717) is 10.9 Å². The van der Waals surface area contributed by atoms with Gasteiger partial charge in [0.1, 0.15) is 5.82 Å². The number of rotatable bonds is 7. The lowest BCUT2D eigenvalue weighted by molar-refractivity contribution is 0.436. The smallest absolute Gasteiger partial charge is 0.142 e. The van der Waals surface area contributed by atoms with Gasteiger partial charge in [0, 0.05) is 6.04 Å². The Labute approximate surface area is 114 Å². The third-order valence-electron chi connectivity index (χ3n) is 3.51. The fourth-order valence-electron chi connectivity index (χ4n) is 2.32. The van der Waals surface area contributed by atoms with Crippen LogP contribution in [-0.4, -0.2) is 12.6 Å². The van der Waals surface area contributed by atoms with Crippen molar-refractivity contribution in [1.82, 2.24) is 5.32 Å². The molecule has 0 amide bonds. The normalized spacial score (nSPS) is 16.8. The third kappa shape index (κ3) is 3.96. The molecular weight excluding hydrogens is 249 g/mol. The van der Waals surface area contributed by atoms with E-state index < -0.39 is 0 Å². The van der Waals surface area contributed by atoms with E-state index in [-0.39, 0.29) is 5.82 Å². The first-order valence-corrected chi connectivity index (χ1v) is 7.24. The van der Waals surface area contributed by atoms with Crippen molar-refractivity contribution >= 4 is 11.6 Å². The highest BCUT2D eigenvalue weighted by Gasteiger charge is 2.22. The van der Waals surface area contributed by atoms with E-state index >= 15 is 0 Å². The fourth-order valence-corrected chi connectivity index (χ4v) is 2.53. The topological polar surface area (TPSA) is 12.0 Å². The Morgan fingerprint density at radius 2 is 2.22 bits per heavy atom. The van der Waals surface area contributed by atoms with Gasteiger partial charge in [0.25, 0.3) is 0 Å². The molecule has 1 nitrogen and oxygen atoms in total. The molecule has 18 heavy (non-hydrogen) atoms. The van der Waals surface area contributed by atoms with Gasteiger partial charge in [0.2, 0.25) is 0 Å². The lowest BCUT2D eigenvalue weighted by Gasteiger charge is -2.17. The molecule has 1 N–H and O–H groups in total. The van der Waals surface area contributed by atoms with Gasteiger partial charge in [-0.2, -0.15) is 0 Å². The van der Waals surface area contributed by atoms with E-state index in [9.17, 15) is 4.39 Å². The van der Waals surface area contributed by atoms with E-state index in [2.05, 4.69) is 12.2 Å². The number of nitrogens with one attached hydrogen (secondary N) is 1. The van der Waals surface area contributed by atoms with Crippen LogP contribution in [0.4, 0.5) is 4.39 Å². The van der Waals surface area contributed by atoms with Crippen molar-refractivity contribution in [3.8, 4) is 0 Å². The summed E-state index contributed by atoms with van der Waals surface area (Å²) in [5.74, 6) is 0.245. The number of halogens is 2. The molecule has 1 aromatic carbocycles. The summed E-state index contributed by atoms with van der Waals surface area (Å²) in [7, 11) is 0.